The number of ether oxygens (including phenoxy) is 1. The van der Waals surface area contributed by atoms with Gasteiger partial charge in [-0.25, -0.2) is 9.97 Å². The number of guanidine groups is 1. The molecule has 1 aromatic carbocycles. The fourth-order valence-electron chi connectivity index (χ4n) is 4.35. The number of nitrogens with one attached hydrogen (secondary N) is 2. The van der Waals surface area contributed by atoms with E-state index in [0.29, 0.717) is 0 Å². The van der Waals surface area contributed by atoms with Crippen LogP contribution in [0.4, 0.5) is 5.95 Å². The molecule has 0 spiro atoms. The molecule has 0 saturated carbocycles. The second kappa shape index (κ2) is 10.2. The maximum atomic E-state index is 6.17. The predicted molar refractivity (Wildman–Crippen MR) is 128 cm³/mol. The minimum Gasteiger partial charge on any atom is -0.487 e. The SMILES string of the molecule is CCNC(=NCCN1CCN(c2ncccn2)CC1)NC1CC(C)(C)Oc2ccccc21. The first kappa shape index (κ1) is 22.3. The van der Waals surface area contributed by atoms with Crippen molar-refractivity contribution in [2.45, 2.75) is 38.8 Å². The molecule has 1 aromatic heterocycles. The summed E-state index contributed by atoms with van der Waals surface area (Å²) in [5.74, 6) is 2.64. The van der Waals surface area contributed by atoms with Crippen LogP contribution in [0, 0.1) is 0 Å². The number of fused-ring (bicyclic) bond motifs is 1. The third-order valence-electron chi connectivity index (χ3n) is 5.92. The van der Waals surface area contributed by atoms with Gasteiger partial charge in [0, 0.05) is 63.6 Å². The van der Waals surface area contributed by atoms with Crippen molar-refractivity contribution >= 4 is 11.9 Å². The van der Waals surface area contributed by atoms with Crippen molar-refractivity contribution in [1.82, 2.24) is 25.5 Å². The molecule has 3 heterocycles. The topological polar surface area (TPSA) is 77.9 Å². The molecule has 4 rings (SSSR count). The third kappa shape index (κ3) is 5.68. The molecule has 1 unspecified atom stereocenters. The smallest absolute Gasteiger partial charge is 0.225 e. The summed E-state index contributed by atoms with van der Waals surface area (Å²) in [5.41, 5.74) is 0.975. The summed E-state index contributed by atoms with van der Waals surface area (Å²) in [6.07, 6.45) is 4.49. The molecule has 0 bridgehead atoms. The minimum atomic E-state index is -0.217. The third-order valence-corrected chi connectivity index (χ3v) is 5.92. The van der Waals surface area contributed by atoms with E-state index in [-0.39, 0.29) is 11.6 Å². The first-order chi connectivity index (χ1) is 15.5. The molecule has 172 valence electrons. The van der Waals surface area contributed by atoms with Gasteiger partial charge in [0.05, 0.1) is 12.6 Å². The summed E-state index contributed by atoms with van der Waals surface area (Å²) in [6.45, 7) is 12.8. The molecule has 2 N–H and O–H groups in total. The highest BCUT2D eigenvalue weighted by Gasteiger charge is 2.34. The number of hydrogen-bond donors (Lipinski definition) is 2. The van der Waals surface area contributed by atoms with Crippen LogP contribution in [0.3, 0.4) is 0 Å². The highest BCUT2D eigenvalue weighted by molar-refractivity contribution is 5.80. The number of nitrogens with zero attached hydrogens (tertiary/aromatic N) is 5. The maximum absolute atomic E-state index is 6.17. The lowest BCUT2D eigenvalue weighted by atomic mass is 9.90. The second-order valence-electron chi connectivity index (χ2n) is 8.94. The van der Waals surface area contributed by atoms with Crippen molar-refractivity contribution in [1.29, 1.82) is 0 Å². The van der Waals surface area contributed by atoms with Crippen molar-refractivity contribution in [3.8, 4) is 5.75 Å². The number of benzene rings is 1. The van der Waals surface area contributed by atoms with Gasteiger partial charge in [-0.05, 0) is 32.9 Å². The van der Waals surface area contributed by atoms with Crippen LogP contribution < -0.4 is 20.3 Å². The Morgan fingerprint density at radius 3 is 2.62 bits per heavy atom. The van der Waals surface area contributed by atoms with E-state index < -0.39 is 0 Å². The lowest BCUT2D eigenvalue weighted by Gasteiger charge is -2.38. The molecular weight excluding hydrogens is 402 g/mol. The van der Waals surface area contributed by atoms with E-state index in [4.69, 9.17) is 9.73 Å². The number of piperazine rings is 1. The molecule has 32 heavy (non-hydrogen) atoms. The molecule has 0 radical (unpaired) electrons. The van der Waals surface area contributed by atoms with Crippen molar-refractivity contribution in [3.63, 3.8) is 0 Å². The first-order valence-corrected chi connectivity index (χ1v) is 11.6. The van der Waals surface area contributed by atoms with Gasteiger partial charge < -0.3 is 20.3 Å². The van der Waals surface area contributed by atoms with Gasteiger partial charge in [-0.15, -0.1) is 0 Å². The molecule has 2 aliphatic heterocycles. The fraction of sp³-hybridized carbons (Fsp3) is 0.542. The highest BCUT2D eigenvalue weighted by atomic mass is 16.5. The number of para-hydroxylation sites is 1. The number of aliphatic imine (C=N–C) groups is 1. The molecule has 8 heteroatoms. The lowest BCUT2D eigenvalue weighted by Crippen LogP contribution is -2.48. The highest BCUT2D eigenvalue weighted by Crippen LogP contribution is 2.39. The molecule has 0 aliphatic carbocycles. The van der Waals surface area contributed by atoms with Gasteiger partial charge in [0.1, 0.15) is 11.4 Å². The Hall–Kier alpha value is -2.87. The van der Waals surface area contributed by atoms with E-state index in [1.807, 2.05) is 12.1 Å². The molecule has 1 fully saturated rings. The summed E-state index contributed by atoms with van der Waals surface area (Å²) in [4.78, 5) is 18.3. The monoisotopic (exact) mass is 437 g/mol. The van der Waals surface area contributed by atoms with Gasteiger partial charge >= 0.3 is 0 Å². The standard InChI is InChI=1S/C24H35N7O/c1-4-25-22(29-20-18-24(2,3)32-21-9-6-5-8-19(20)21)26-12-13-30-14-16-31(17-15-30)23-27-10-7-11-28-23/h5-11,20H,4,12-18H2,1-3H3,(H2,25,26,29). The molecule has 1 atom stereocenters. The number of anilines is 1. The Kier molecular flexibility index (Phi) is 7.09. The van der Waals surface area contributed by atoms with Gasteiger partial charge in [-0.1, -0.05) is 18.2 Å². The molecule has 8 nitrogen and oxygen atoms in total. The summed E-state index contributed by atoms with van der Waals surface area (Å²) >= 11 is 0. The van der Waals surface area contributed by atoms with Gasteiger partial charge in [0.15, 0.2) is 5.96 Å². The van der Waals surface area contributed by atoms with Gasteiger partial charge in [0.2, 0.25) is 5.95 Å². The van der Waals surface area contributed by atoms with Crippen LogP contribution in [0.25, 0.3) is 0 Å². The Balaban J connectivity index is 1.32. The fourth-order valence-corrected chi connectivity index (χ4v) is 4.35. The second-order valence-corrected chi connectivity index (χ2v) is 8.94. The number of hydrogen-bond acceptors (Lipinski definition) is 6. The zero-order valence-electron chi connectivity index (χ0n) is 19.4. The van der Waals surface area contributed by atoms with Crippen LogP contribution in [-0.2, 0) is 0 Å². The largest absolute Gasteiger partial charge is 0.487 e. The van der Waals surface area contributed by atoms with Gasteiger partial charge in [-0.2, -0.15) is 0 Å². The van der Waals surface area contributed by atoms with Crippen LogP contribution in [0.1, 0.15) is 38.8 Å². The number of aromatic nitrogens is 2. The number of rotatable bonds is 6. The van der Waals surface area contributed by atoms with Gasteiger partial charge in [0.25, 0.3) is 0 Å². The maximum Gasteiger partial charge on any atom is 0.225 e. The zero-order chi connectivity index (χ0) is 22.4. The Labute approximate surface area is 191 Å². The lowest BCUT2D eigenvalue weighted by molar-refractivity contribution is 0.0694. The zero-order valence-corrected chi connectivity index (χ0v) is 19.4. The van der Waals surface area contributed by atoms with E-state index in [1.165, 1.54) is 5.56 Å². The van der Waals surface area contributed by atoms with Crippen LogP contribution >= 0.6 is 0 Å². The van der Waals surface area contributed by atoms with Gasteiger partial charge in [-0.3, -0.25) is 9.89 Å². The van der Waals surface area contributed by atoms with E-state index in [2.05, 4.69) is 69.4 Å². The summed E-state index contributed by atoms with van der Waals surface area (Å²) < 4.78 is 6.17. The van der Waals surface area contributed by atoms with Crippen molar-refractivity contribution in [3.05, 3.63) is 48.3 Å². The molecule has 2 aromatic rings. The minimum absolute atomic E-state index is 0.169. The normalized spacial score (nSPS) is 20.9. The van der Waals surface area contributed by atoms with Crippen LogP contribution in [0.2, 0.25) is 0 Å². The van der Waals surface area contributed by atoms with E-state index in [0.717, 1.165) is 69.9 Å². The summed E-state index contributed by atoms with van der Waals surface area (Å²) in [7, 11) is 0. The Morgan fingerprint density at radius 1 is 1.12 bits per heavy atom. The Bertz CT molecular complexity index is 894. The van der Waals surface area contributed by atoms with E-state index in [9.17, 15) is 0 Å². The molecule has 0 amide bonds. The molecular formula is C24H35N7O. The van der Waals surface area contributed by atoms with Crippen molar-refractivity contribution in [2.75, 3.05) is 50.7 Å². The van der Waals surface area contributed by atoms with Crippen molar-refractivity contribution < 1.29 is 4.74 Å². The first-order valence-electron chi connectivity index (χ1n) is 11.6. The summed E-state index contributed by atoms with van der Waals surface area (Å²) in [5, 5.41) is 7.06. The average Bonchev–Trinajstić information content (AvgIpc) is 2.79. The van der Waals surface area contributed by atoms with Crippen molar-refractivity contribution in [2.24, 2.45) is 4.99 Å². The quantitative estimate of drug-likeness (QED) is 0.531. The van der Waals surface area contributed by atoms with E-state index in [1.54, 1.807) is 12.4 Å². The van der Waals surface area contributed by atoms with Crippen LogP contribution in [0.5, 0.6) is 5.75 Å². The van der Waals surface area contributed by atoms with E-state index >= 15 is 0 Å². The predicted octanol–water partition coefficient (Wildman–Crippen LogP) is 2.46. The van der Waals surface area contributed by atoms with Crippen LogP contribution in [-0.4, -0.2) is 72.2 Å². The summed E-state index contributed by atoms with van der Waals surface area (Å²) in [6, 6.07) is 10.3. The Morgan fingerprint density at radius 2 is 1.88 bits per heavy atom. The van der Waals surface area contributed by atoms with Crippen LogP contribution in [0.15, 0.2) is 47.7 Å². The molecule has 1 saturated heterocycles. The average molecular weight is 438 g/mol. The molecule has 2 aliphatic rings.